The summed E-state index contributed by atoms with van der Waals surface area (Å²) in [6, 6.07) is 15.7. The molecule has 108 valence electrons. The smallest absolute Gasteiger partial charge is 0.0351 e. The Morgan fingerprint density at radius 3 is 2.76 bits per heavy atom. The number of thiophene rings is 2. The Labute approximate surface area is 134 Å². The molecule has 0 aliphatic carbocycles. The van der Waals surface area contributed by atoms with Gasteiger partial charge in [0.1, 0.15) is 0 Å². The van der Waals surface area contributed by atoms with E-state index in [4.69, 9.17) is 0 Å². The summed E-state index contributed by atoms with van der Waals surface area (Å²) in [5.74, 6) is 0. The van der Waals surface area contributed by atoms with Crippen LogP contribution in [0.1, 0.15) is 29.0 Å². The molecule has 0 radical (unpaired) electrons. The van der Waals surface area contributed by atoms with E-state index in [0.29, 0.717) is 6.04 Å². The van der Waals surface area contributed by atoms with E-state index in [0.717, 1.165) is 6.54 Å². The molecular weight excluding hydrogens is 294 g/mol. The maximum absolute atomic E-state index is 3.61. The minimum absolute atomic E-state index is 0.372. The number of hydrogen-bond donors (Lipinski definition) is 1. The van der Waals surface area contributed by atoms with Crippen molar-refractivity contribution in [2.45, 2.75) is 26.4 Å². The molecule has 1 atom stereocenters. The topological polar surface area (TPSA) is 12.0 Å². The van der Waals surface area contributed by atoms with Crippen molar-refractivity contribution in [2.75, 3.05) is 0 Å². The van der Waals surface area contributed by atoms with Gasteiger partial charge < -0.3 is 5.32 Å². The van der Waals surface area contributed by atoms with E-state index < -0.39 is 0 Å². The summed E-state index contributed by atoms with van der Waals surface area (Å²) in [6.07, 6.45) is 0. The largest absolute Gasteiger partial charge is 0.305 e. The molecule has 0 aliphatic rings. The average Bonchev–Trinajstić information content (AvgIpc) is 3.15. The van der Waals surface area contributed by atoms with Gasteiger partial charge in [0.25, 0.3) is 0 Å². The second kappa shape index (κ2) is 6.56. The van der Waals surface area contributed by atoms with Crippen molar-refractivity contribution in [2.24, 2.45) is 0 Å². The first kappa shape index (κ1) is 14.5. The molecule has 21 heavy (non-hydrogen) atoms. The molecule has 3 rings (SSSR count). The first-order valence-electron chi connectivity index (χ1n) is 7.13. The lowest BCUT2D eigenvalue weighted by atomic mass is 10.1. The molecule has 0 aliphatic heterocycles. The Bertz CT molecular complexity index is 698. The Hall–Kier alpha value is -1.42. The summed E-state index contributed by atoms with van der Waals surface area (Å²) in [7, 11) is 0. The molecular formula is C18H19NS2. The van der Waals surface area contributed by atoms with Gasteiger partial charge in [-0.2, -0.15) is 0 Å². The zero-order valence-electron chi connectivity index (χ0n) is 12.3. The number of rotatable bonds is 5. The normalized spacial score (nSPS) is 12.5. The highest BCUT2D eigenvalue weighted by Crippen LogP contribution is 2.29. The summed E-state index contributed by atoms with van der Waals surface area (Å²) in [6.45, 7) is 5.29. The van der Waals surface area contributed by atoms with Crippen LogP contribution in [0.25, 0.3) is 10.4 Å². The van der Waals surface area contributed by atoms with Crippen LogP contribution in [0.3, 0.4) is 0 Å². The van der Waals surface area contributed by atoms with Crippen LogP contribution in [-0.2, 0) is 6.54 Å². The quantitative estimate of drug-likeness (QED) is 0.643. The van der Waals surface area contributed by atoms with E-state index in [2.05, 4.69) is 72.4 Å². The molecule has 2 heterocycles. The van der Waals surface area contributed by atoms with Crippen molar-refractivity contribution < 1.29 is 0 Å². The maximum Gasteiger partial charge on any atom is 0.0351 e. The molecule has 0 saturated heterocycles. The van der Waals surface area contributed by atoms with Crippen molar-refractivity contribution in [3.8, 4) is 10.4 Å². The van der Waals surface area contributed by atoms with Gasteiger partial charge in [-0.1, -0.05) is 35.9 Å². The Balaban J connectivity index is 1.63. The number of hydrogen-bond acceptors (Lipinski definition) is 3. The molecule has 0 unspecified atom stereocenters. The van der Waals surface area contributed by atoms with E-state index >= 15 is 0 Å². The molecule has 0 fully saturated rings. The molecule has 3 heteroatoms. The highest BCUT2D eigenvalue weighted by molar-refractivity contribution is 7.14. The van der Waals surface area contributed by atoms with Crippen LogP contribution in [-0.4, -0.2) is 0 Å². The fourth-order valence-corrected chi connectivity index (χ4v) is 3.98. The summed E-state index contributed by atoms with van der Waals surface area (Å²) < 4.78 is 0. The van der Waals surface area contributed by atoms with E-state index in [1.165, 1.54) is 26.4 Å². The highest BCUT2D eigenvalue weighted by Gasteiger charge is 2.07. The molecule has 2 aromatic heterocycles. The lowest BCUT2D eigenvalue weighted by Crippen LogP contribution is -2.17. The first-order chi connectivity index (χ1) is 10.2. The highest BCUT2D eigenvalue weighted by atomic mass is 32.1. The molecule has 0 saturated carbocycles. The minimum Gasteiger partial charge on any atom is -0.305 e. The van der Waals surface area contributed by atoms with Crippen LogP contribution in [0.5, 0.6) is 0 Å². The summed E-state index contributed by atoms with van der Waals surface area (Å²) in [5, 5.41) is 7.99. The van der Waals surface area contributed by atoms with E-state index in [1.807, 2.05) is 11.3 Å². The molecule has 3 aromatic rings. The zero-order chi connectivity index (χ0) is 14.7. The van der Waals surface area contributed by atoms with E-state index in [1.54, 1.807) is 11.3 Å². The van der Waals surface area contributed by atoms with Crippen LogP contribution in [0.4, 0.5) is 0 Å². The lowest BCUT2D eigenvalue weighted by Gasteiger charge is -2.14. The SMILES string of the molecule is Cc1cccc([C@H](C)NCc2cc(-c3cccs3)cs2)c1. The second-order valence-electron chi connectivity index (χ2n) is 5.30. The molecule has 1 N–H and O–H groups in total. The number of nitrogens with one attached hydrogen (secondary N) is 1. The van der Waals surface area contributed by atoms with Gasteiger partial charge in [0.05, 0.1) is 0 Å². The predicted molar refractivity (Wildman–Crippen MR) is 94.1 cm³/mol. The minimum atomic E-state index is 0.372. The van der Waals surface area contributed by atoms with Gasteiger partial charge in [-0.25, -0.2) is 0 Å². The van der Waals surface area contributed by atoms with Gasteiger partial charge in [-0.05, 0) is 42.3 Å². The number of benzene rings is 1. The predicted octanol–water partition coefficient (Wildman–Crippen LogP) is 5.64. The summed E-state index contributed by atoms with van der Waals surface area (Å²) in [4.78, 5) is 2.74. The fraction of sp³-hybridized carbons (Fsp3) is 0.222. The standard InChI is InChI=1S/C18H19NS2/c1-13-5-3-6-15(9-13)14(2)19-11-17-10-16(12-21-17)18-7-4-8-20-18/h3-10,12,14,19H,11H2,1-2H3/t14-/m0/s1. The Morgan fingerprint density at radius 2 is 2.00 bits per heavy atom. The van der Waals surface area contributed by atoms with Crippen molar-refractivity contribution in [3.05, 3.63) is 69.2 Å². The van der Waals surface area contributed by atoms with Crippen LogP contribution in [0.15, 0.2) is 53.2 Å². The first-order valence-corrected chi connectivity index (χ1v) is 8.89. The molecule has 0 bridgehead atoms. The van der Waals surface area contributed by atoms with Crippen LogP contribution >= 0.6 is 22.7 Å². The Morgan fingerprint density at radius 1 is 1.10 bits per heavy atom. The summed E-state index contributed by atoms with van der Waals surface area (Å²) >= 11 is 3.63. The molecule has 0 amide bonds. The maximum atomic E-state index is 3.61. The zero-order valence-corrected chi connectivity index (χ0v) is 13.9. The van der Waals surface area contributed by atoms with Crippen molar-refractivity contribution >= 4 is 22.7 Å². The monoisotopic (exact) mass is 313 g/mol. The van der Waals surface area contributed by atoms with E-state index in [9.17, 15) is 0 Å². The van der Waals surface area contributed by atoms with Crippen molar-refractivity contribution in [1.29, 1.82) is 0 Å². The van der Waals surface area contributed by atoms with Gasteiger partial charge in [0.2, 0.25) is 0 Å². The lowest BCUT2D eigenvalue weighted by molar-refractivity contribution is 0.578. The number of aryl methyl sites for hydroxylation is 1. The average molecular weight is 313 g/mol. The third-order valence-corrected chi connectivity index (χ3v) is 5.44. The Kier molecular flexibility index (Phi) is 4.54. The fourth-order valence-electron chi connectivity index (χ4n) is 2.36. The van der Waals surface area contributed by atoms with Crippen molar-refractivity contribution in [1.82, 2.24) is 5.32 Å². The molecule has 0 spiro atoms. The van der Waals surface area contributed by atoms with Gasteiger partial charge >= 0.3 is 0 Å². The van der Waals surface area contributed by atoms with Gasteiger partial charge in [0.15, 0.2) is 0 Å². The van der Waals surface area contributed by atoms with E-state index in [-0.39, 0.29) is 0 Å². The van der Waals surface area contributed by atoms with Gasteiger partial charge in [0, 0.05) is 27.9 Å². The van der Waals surface area contributed by atoms with Crippen LogP contribution in [0.2, 0.25) is 0 Å². The van der Waals surface area contributed by atoms with Crippen LogP contribution in [0, 0.1) is 6.92 Å². The summed E-state index contributed by atoms with van der Waals surface area (Å²) in [5.41, 5.74) is 4.01. The van der Waals surface area contributed by atoms with Crippen LogP contribution < -0.4 is 5.32 Å². The van der Waals surface area contributed by atoms with Gasteiger partial charge in [-0.15, -0.1) is 22.7 Å². The molecule has 1 aromatic carbocycles. The van der Waals surface area contributed by atoms with Gasteiger partial charge in [-0.3, -0.25) is 0 Å². The third kappa shape index (κ3) is 3.62. The third-order valence-electron chi connectivity index (χ3n) is 3.58. The van der Waals surface area contributed by atoms with Crippen molar-refractivity contribution in [3.63, 3.8) is 0 Å². The molecule has 1 nitrogen and oxygen atoms in total. The second-order valence-corrected chi connectivity index (χ2v) is 7.24.